The van der Waals surface area contributed by atoms with E-state index >= 15 is 0 Å². The van der Waals surface area contributed by atoms with Crippen LogP contribution in [0.4, 0.5) is 13.2 Å². The fraction of sp³-hybridized carbons (Fsp3) is 0.125. The second-order valence-corrected chi connectivity index (χ2v) is 2.77. The summed E-state index contributed by atoms with van der Waals surface area (Å²) < 4.78 is 39.4. The Morgan fingerprint density at radius 2 is 1.80 bits per heavy atom. The smallest absolute Gasteiger partial charge is 0.255 e. The van der Waals surface area contributed by atoms with E-state index in [-0.39, 0.29) is 12.4 Å². The molecule has 2 rings (SSSR count). The van der Waals surface area contributed by atoms with Crippen molar-refractivity contribution in [2.75, 3.05) is 0 Å². The largest absolute Gasteiger partial charge is 0.330 e. The first-order valence-corrected chi connectivity index (χ1v) is 4.00. The van der Waals surface area contributed by atoms with Gasteiger partial charge in [0.05, 0.1) is 12.9 Å². The summed E-state index contributed by atoms with van der Waals surface area (Å²) in [6.07, 6.45) is 4.50. The number of hydrogen-bond acceptors (Lipinski definition) is 3. The van der Waals surface area contributed by atoms with Crippen LogP contribution in [0.15, 0.2) is 18.7 Å². The van der Waals surface area contributed by atoms with Gasteiger partial charge in [0.1, 0.15) is 0 Å². The van der Waals surface area contributed by atoms with Crippen molar-refractivity contribution in [3.63, 3.8) is 0 Å². The molecule has 0 aliphatic carbocycles. The van der Waals surface area contributed by atoms with Gasteiger partial charge in [-0.3, -0.25) is 0 Å². The molecule has 0 amide bonds. The molecule has 0 unspecified atom stereocenters. The van der Waals surface area contributed by atoms with Crippen LogP contribution in [0.1, 0.15) is 5.82 Å². The molecular formula is C8H5F3N4. The Morgan fingerprint density at radius 3 is 2.33 bits per heavy atom. The molecule has 2 heterocycles. The van der Waals surface area contributed by atoms with Crippen LogP contribution in [0.25, 0.3) is 0 Å². The van der Waals surface area contributed by atoms with Crippen LogP contribution in [0.3, 0.4) is 0 Å². The number of hydrogen-bond donors (Lipinski definition) is 0. The second-order valence-electron chi connectivity index (χ2n) is 2.77. The zero-order valence-corrected chi connectivity index (χ0v) is 7.36. The molecule has 0 fully saturated rings. The third kappa shape index (κ3) is 1.95. The Balaban J connectivity index is 2.30. The molecule has 2 aromatic heterocycles. The average Bonchev–Trinajstić information content (AvgIpc) is 2.66. The van der Waals surface area contributed by atoms with Gasteiger partial charge in [-0.25, -0.2) is 4.98 Å². The molecule has 0 spiro atoms. The van der Waals surface area contributed by atoms with Crippen molar-refractivity contribution >= 4 is 0 Å². The van der Waals surface area contributed by atoms with Crippen molar-refractivity contribution in [1.29, 1.82) is 0 Å². The Bertz CT molecular complexity index is 446. The van der Waals surface area contributed by atoms with E-state index in [0.717, 1.165) is 0 Å². The lowest BCUT2D eigenvalue weighted by Crippen LogP contribution is -2.08. The predicted octanol–water partition coefficient (Wildman–Crippen LogP) is 1.14. The maximum absolute atomic E-state index is 12.7. The van der Waals surface area contributed by atoms with E-state index in [1.54, 1.807) is 6.20 Å². The Hall–Kier alpha value is -1.92. The molecule has 0 aliphatic heterocycles. The fourth-order valence-corrected chi connectivity index (χ4v) is 1.05. The molecule has 0 saturated heterocycles. The monoisotopic (exact) mass is 214 g/mol. The van der Waals surface area contributed by atoms with E-state index in [0.29, 0.717) is 0 Å². The highest BCUT2D eigenvalue weighted by Crippen LogP contribution is 2.07. The Morgan fingerprint density at radius 1 is 1.13 bits per heavy atom. The summed E-state index contributed by atoms with van der Waals surface area (Å²) in [7, 11) is 0. The van der Waals surface area contributed by atoms with Gasteiger partial charge in [-0.05, 0) is 0 Å². The molecule has 15 heavy (non-hydrogen) atoms. The minimum atomic E-state index is -1.66. The number of imidazole rings is 1. The highest BCUT2D eigenvalue weighted by Gasteiger charge is 2.13. The number of nitrogens with zero attached hydrogens (tertiary/aromatic N) is 4. The van der Waals surface area contributed by atoms with Gasteiger partial charge in [-0.15, -0.1) is 0 Å². The first-order chi connectivity index (χ1) is 7.16. The van der Waals surface area contributed by atoms with Crippen molar-refractivity contribution in [2.24, 2.45) is 0 Å². The van der Waals surface area contributed by atoms with Gasteiger partial charge in [0.25, 0.3) is 11.9 Å². The van der Waals surface area contributed by atoms with Crippen LogP contribution in [0.5, 0.6) is 0 Å². The van der Waals surface area contributed by atoms with Crippen molar-refractivity contribution < 1.29 is 13.2 Å². The SMILES string of the molecule is Fc1nc(Cn2ccnc2)nc(F)c1F. The van der Waals surface area contributed by atoms with Crippen molar-refractivity contribution in [2.45, 2.75) is 6.54 Å². The summed E-state index contributed by atoms with van der Waals surface area (Å²) in [5.74, 6) is -4.79. The van der Waals surface area contributed by atoms with Crippen molar-refractivity contribution in [3.8, 4) is 0 Å². The van der Waals surface area contributed by atoms with Crippen LogP contribution in [0.2, 0.25) is 0 Å². The van der Waals surface area contributed by atoms with Gasteiger partial charge in [-0.1, -0.05) is 0 Å². The normalized spacial score (nSPS) is 10.6. The fourth-order valence-electron chi connectivity index (χ4n) is 1.05. The van der Waals surface area contributed by atoms with Gasteiger partial charge >= 0.3 is 0 Å². The van der Waals surface area contributed by atoms with E-state index < -0.39 is 17.7 Å². The van der Waals surface area contributed by atoms with E-state index in [4.69, 9.17) is 0 Å². The molecule has 4 nitrogen and oxygen atoms in total. The molecule has 0 saturated carbocycles. The van der Waals surface area contributed by atoms with Crippen LogP contribution < -0.4 is 0 Å². The van der Waals surface area contributed by atoms with Crippen LogP contribution in [-0.2, 0) is 6.54 Å². The second kappa shape index (κ2) is 3.68. The van der Waals surface area contributed by atoms with Crippen LogP contribution >= 0.6 is 0 Å². The lowest BCUT2D eigenvalue weighted by atomic mass is 10.5. The molecule has 0 aromatic carbocycles. The average molecular weight is 214 g/mol. The molecule has 7 heteroatoms. The van der Waals surface area contributed by atoms with Gasteiger partial charge in [-0.2, -0.15) is 23.1 Å². The minimum absolute atomic E-state index is 0.0358. The van der Waals surface area contributed by atoms with E-state index in [1.807, 2.05) is 0 Å². The summed E-state index contributed by atoms with van der Waals surface area (Å²) in [4.78, 5) is 10.1. The number of halogens is 3. The zero-order chi connectivity index (χ0) is 10.8. The summed E-state index contributed by atoms with van der Waals surface area (Å²) in [6, 6.07) is 0. The highest BCUT2D eigenvalue weighted by atomic mass is 19.2. The number of aromatic nitrogens is 4. The molecule has 0 bridgehead atoms. The van der Waals surface area contributed by atoms with E-state index in [2.05, 4.69) is 15.0 Å². The summed E-state index contributed by atoms with van der Waals surface area (Å²) in [6.45, 7) is 0.0358. The molecule has 0 radical (unpaired) electrons. The molecule has 0 aliphatic rings. The van der Waals surface area contributed by atoms with Gasteiger partial charge < -0.3 is 4.57 Å². The lowest BCUT2D eigenvalue weighted by Gasteiger charge is -2.01. The quantitative estimate of drug-likeness (QED) is 0.704. The molecule has 78 valence electrons. The topological polar surface area (TPSA) is 43.6 Å². The van der Waals surface area contributed by atoms with Gasteiger partial charge in [0, 0.05) is 12.4 Å². The summed E-state index contributed by atoms with van der Waals surface area (Å²) in [5.41, 5.74) is 0. The maximum atomic E-state index is 12.7. The predicted molar refractivity (Wildman–Crippen MR) is 43.2 cm³/mol. The third-order valence-electron chi connectivity index (χ3n) is 1.70. The van der Waals surface area contributed by atoms with Gasteiger partial charge in [0.2, 0.25) is 5.82 Å². The first kappa shape index (κ1) is 9.63. The minimum Gasteiger partial charge on any atom is -0.330 e. The maximum Gasteiger partial charge on any atom is 0.255 e. The van der Waals surface area contributed by atoms with E-state index in [1.165, 1.54) is 17.1 Å². The van der Waals surface area contributed by atoms with Crippen LogP contribution in [0, 0.1) is 17.7 Å². The van der Waals surface area contributed by atoms with Crippen LogP contribution in [-0.4, -0.2) is 19.5 Å². The zero-order valence-electron chi connectivity index (χ0n) is 7.36. The summed E-state index contributed by atoms with van der Waals surface area (Å²) >= 11 is 0. The van der Waals surface area contributed by atoms with Gasteiger partial charge in [0.15, 0.2) is 5.82 Å². The summed E-state index contributed by atoms with van der Waals surface area (Å²) in [5, 5.41) is 0. The molecule has 2 aromatic rings. The number of rotatable bonds is 2. The molecule has 0 atom stereocenters. The van der Waals surface area contributed by atoms with Crippen molar-refractivity contribution in [1.82, 2.24) is 19.5 Å². The van der Waals surface area contributed by atoms with Crippen molar-refractivity contribution in [3.05, 3.63) is 42.3 Å². The molecular weight excluding hydrogens is 209 g/mol. The molecule has 0 N–H and O–H groups in total. The standard InChI is InChI=1S/C8H5F3N4/c9-6-7(10)13-5(14-8(6)11)3-15-2-1-12-4-15/h1-2,4H,3H2. The van der Waals surface area contributed by atoms with E-state index in [9.17, 15) is 13.2 Å². The first-order valence-electron chi connectivity index (χ1n) is 4.00. The Labute approximate surface area is 82.4 Å². The third-order valence-corrected chi connectivity index (χ3v) is 1.70. The highest BCUT2D eigenvalue weighted by molar-refractivity contribution is 4.97. The Kier molecular flexibility index (Phi) is 2.36. The lowest BCUT2D eigenvalue weighted by molar-refractivity contribution is 0.398.